The summed E-state index contributed by atoms with van der Waals surface area (Å²) in [6.45, 7) is 6.14. The first-order valence-electron chi connectivity index (χ1n) is 6.15. The maximum absolute atomic E-state index is 6.27. The van der Waals surface area contributed by atoms with E-state index in [1.54, 1.807) is 0 Å². The molecule has 4 heteroatoms. The van der Waals surface area contributed by atoms with Crippen molar-refractivity contribution in [1.82, 2.24) is 14.8 Å². The van der Waals surface area contributed by atoms with E-state index in [4.69, 9.17) is 5.73 Å². The molecule has 18 heavy (non-hydrogen) atoms. The molecular weight excluding hydrogens is 224 g/mol. The molecule has 0 saturated carbocycles. The minimum atomic E-state index is -0.0287. The third-order valence-electron chi connectivity index (χ3n) is 3.41. The van der Waals surface area contributed by atoms with Crippen LogP contribution in [0.1, 0.15) is 34.1 Å². The van der Waals surface area contributed by atoms with Gasteiger partial charge >= 0.3 is 0 Å². The Kier molecular flexibility index (Phi) is 3.48. The van der Waals surface area contributed by atoms with E-state index in [9.17, 15) is 0 Å². The monoisotopic (exact) mass is 244 g/mol. The predicted molar refractivity (Wildman–Crippen MR) is 72.3 cm³/mol. The van der Waals surface area contributed by atoms with Gasteiger partial charge in [-0.15, -0.1) is 0 Å². The Morgan fingerprint density at radius 2 is 2.00 bits per heavy atom. The van der Waals surface area contributed by atoms with Crippen molar-refractivity contribution in [3.05, 3.63) is 46.5 Å². The average molecular weight is 244 g/mol. The van der Waals surface area contributed by atoms with Crippen molar-refractivity contribution < 1.29 is 0 Å². The van der Waals surface area contributed by atoms with Crippen molar-refractivity contribution in [3.63, 3.8) is 0 Å². The van der Waals surface area contributed by atoms with Gasteiger partial charge in [-0.3, -0.25) is 9.67 Å². The summed E-state index contributed by atoms with van der Waals surface area (Å²) < 4.78 is 1.91. The Morgan fingerprint density at radius 3 is 2.56 bits per heavy atom. The second kappa shape index (κ2) is 4.90. The van der Waals surface area contributed by atoms with Crippen molar-refractivity contribution >= 4 is 0 Å². The van der Waals surface area contributed by atoms with Crippen LogP contribution in [0.4, 0.5) is 0 Å². The molecule has 96 valence electrons. The fourth-order valence-corrected chi connectivity index (χ4v) is 2.23. The lowest BCUT2D eigenvalue weighted by atomic mass is 9.99. The summed E-state index contributed by atoms with van der Waals surface area (Å²) in [7, 11) is 1.96. The Labute approximate surface area is 108 Å². The number of hydrogen-bond acceptors (Lipinski definition) is 3. The molecule has 0 radical (unpaired) electrons. The number of hydrogen-bond donors (Lipinski definition) is 1. The van der Waals surface area contributed by atoms with Crippen LogP contribution < -0.4 is 5.73 Å². The average Bonchev–Trinajstić information content (AvgIpc) is 2.56. The number of aromatic nitrogens is 3. The third kappa shape index (κ3) is 2.43. The van der Waals surface area contributed by atoms with Gasteiger partial charge in [0.05, 0.1) is 5.69 Å². The van der Waals surface area contributed by atoms with Gasteiger partial charge in [0.1, 0.15) is 0 Å². The maximum Gasteiger partial charge on any atom is 0.0629 e. The lowest BCUT2D eigenvalue weighted by Crippen LogP contribution is -2.14. The summed E-state index contributed by atoms with van der Waals surface area (Å²) in [6.07, 6.45) is 4.49. The molecule has 2 rings (SSSR count). The van der Waals surface area contributed by atoms with Crippen LogP contribution in [0, 0.1) is 20.8 Å². The van der Waals surface area contributed by atoms with Crippen LogP contribution in [0.2, 0.25) is 0 Å². The molecule has 0 bridgehead atoms. The van der Waals surface area contributed by atoms with E-state index in [1.807, 2.05) is 38.0 Å². The second-order valence-electron chi connectivity index (χ2n) is 4.88. The summed E-state index contributed by atoms with van der Waals surface area (Å²) in [6, 6.07) is 2.07. The van der Waals surface area contributed by atoms with E-state index in [0.717, 1.165) is 23.2 Å². The predicted octanol–water partition coefficient (Wildman–Crippen LogP) is 1.98. The van der Waals surface area contributed by atoms with E-state index < -0.39 is 0 Å². The Morgan fingerprint density at radius 1 is 1.28 bits per heavy atom. The van der Waals surface area contributed by atoms with E-state index >= 15 is 0 Å². The first kappa shape index (κ1) is 12.8. The lowest BCUT2D eigenvalue weighted by Gasteiger charge is -2.12. The Bertz CT molecular complexity index is 557. The van der Waals surface area contributed by atoms with Gasteiger partial charge in [0.2, 0.25) is 0 Å². The highest BCUT2D eigenvalue weighted by molar-refractivity contribution is 5.28. The van der Waals surface area contributed by atoms with Gasteiger partial charge in [-0.25, -0.2) is 0 Å². The Hall–Kier alpha value is -1.68. The molecule has 0 aliphatic rings. The molecule has 0 amide bonds. The van der Waals surface area contributed by atoms with Crippen molar-refractivity contribution in [1.29, 1.82) is 0 Å². The largest absolute Gasteiger partial charge is 0.324 e. The van der Waals surface area contributed by atoms with Gasteiger partial charge in [0, 0.05) is 31.2 Å². The minimum Gasteiger partial charge on any atom is -0.324 e. The van der Waals surface area contributed by atoms with Crippen molar-refractivity contribution in [2.75, 3.05) is 0 Å². The first-order valence-corrected chi connectivity index (χ1v) is 6.15. The molecule has 0 aliphatic carbocycles. The maximum atomic E-state index is 6.27. The van der Waals surface area contributed by atoms with Crippen LogP contribution in [0.25, 0.3) is 0 Å². The van der Waals surface area contributed by atoms with Crippen LogP contribution in [-0.2, 0) is 13.5 Å². The van der Waals surface area contributed by atoms with Gasteiger partial charge in [0.25, 0.3) is 0 Å². The molecule has 2 aromatic rings. The summed E-state index contributed by atoms with van der Waals surface area (Å²) in [4.78, 5) is 4.20. The lowest BCUT2D eigenvalue weighted by molar-refractivity contribution is 0.704. The molecule has 4 nitrogen and oxygen atoms in total. The fourth-order valence-electron chi connectivity index (χ4n) is 2.23. The van der Waals surface area contributed by atoms with Crippen LogP contribution in [-0.4, -0.2) is 14.8 Å². The molecule has 1 unspecified atom stereocenters. The summed E-state index contributed by atoms with van der Waals surface area (Å²) in [5.74, 6) is 0. The Balaban J connectivity index is 2.24. The zero-order valence-electron chi connectivity index (χ0n) is 11.4. The molecule has 0 spiro atoms. The molecular formula is C14H20N4. The van der Waals surface area contributed by atoms with Crippen molar-refractivity contribution in [2.45, 2.75) is 33.2 Å². The van der Waals surface area contributed by atoms with Gasteiger partial charge in [-0.2, -0.15) is 5.10 Å². The summed E-state index contributed by atoms with van der Waals surface area (Å²) in [5.41, 5.74) is 12.0. The van der Waals surface area contributed by atoms with Crippen molar-refractivity contribution in [2.24, 2.45) is 12.8 Å². The smallest absolute Gasteiger partial charge is 0.0629 e. The molecule has 2 N–H and O–H groups in total. The van der Waals surface area contributed by atoms with E-state index in [1.165, 1.54) is 11.3 Å². The van der Waals surface area contributed by atoms with Crippen LogP contribution in [0.3, 0.4) is 0 Å². The van der Waals surface area contributed by atoms with Gasteiger partial charge < -0.3 is 5.73 Å². The quantitative estimate of drug-likeness (QED) is 0.898. The van der Waals surface area contributed by atoms with Crippen LogP contribution in [0.15, 0.2) is 18.5 Å². The van der Waals surface area contributed by atoms with Crippen LogP contribution >= 0.6 is 0 Å². The minimum absolute atomic E-state index is 0.0287. The third-order valence-corrected chi connectivity index (χ3v) is 3.41. The highest BCUT2D eigenvalue weighted by atomic mass is 15.3. The number of rotatable bonds is 3. The molecule has 0 aromatic carbocycles. The van der Waals surface area contributed by atoms with Gasteiger partial charge in [-0.1, -0.05) is 6.07 Å². The molecule has 0 saturated heterocycles. The van der Waals surface area contributed by atoms with E-state index in [-0.39, 0.29) is 6.04 Å². The highest BCUT2D eigenvalue weighted by Crippen LogP contribution is 2.20. The van der Waals surface area contributed by atoms with E-state index in [2.05, 4.69) is 23.1 Å². The molecule has 1 atom stereocenters. The number of pyridine rings is 1. The number of aryl methyl sites for hydroxylation is 3. The zero-order chi connectivity index (χ0) is 13.3. The van der Waals surface area contributed by atoms with E-state index in [0.29, 0.717) is 0 Å². The first-order chi connectivity index (χ1) is 8.49. The molecule has 2 aromatic heterocycles. The standard InChI is InChI=1S/C14H20N4/c1-9-5-12(8-16-7-9)14(15)6-13-10(2)17-18(4)11(13)3/h5,7-8,14H,6,15H2,1-4H3. The highest BCUT2D eigenvalue weighted by Gasteiger charge is 2.14. The van der Waals surface area contributed by atoms with Crippen LogP contribution in [0.5, 0.6) is 0 Å². The van der Waals surface area contributed by atoms with Crippen molar-refractivity contribution in [3.8, 4) is 0 Å². The normalized spacial score (nSPS) is 12.7. The topological polar surface area (TPSA) is 56.7 Å². The number of nitrogens with zero attached hydrogens (tertiary/aromatic N) is 3. The number of nitrogens with two attached hydrogens (primary N) is 1. The molecule has 0 fully saturated rings. The summed E-state index contributed by atoms with van der Waals surface area (Å²) in [5, 5.41) is 4.42. The zero-order valence-corrected chi connectivity index (χ0v) is 11.4. The van der Waals surface area contributed by atoms with Gasteiger partial charge in [-0.05, 0) is 43.9 Å². The SMILES string of the molecule is Cc1cncc(C(N)Cc2c(C)nn(C)c2C)c1. The fraction of sp³-hybridized carbons (Fsp3) is 0.429. The van der Waals surface area contributed by atoms with Gasteiger partial charge in [0.15, 0.2) is 0 Å². The molecule has 2 heterocycles. The second-order valence-corrected chi connectivity index (χ2v) is 4.88. The summed E-state index contributed by atoms with van der Waals surface area (Å²) >= 11 is 0. The molecule has 0 aliphatic heterocycles.